The van der Waals surface area contributed by atoms with Crippen molar-refractivity contribution in [2.45, 2.75) is 19.1 Å². The zero-order chi connectivity index (χ0) is 21.6. The van der Waals surface area contributed by atoms with Gasteiger partial charge in [-0.05, 0) is 48.5 Å². The predicted molar refractivity (Wildman–Crippen MR) is 108 cm³/mol. The van der Waals surface area contributed by atoms with E-state index in [9.17, 15) is 9.18 Å². The quantitative estimate of drug-likeness (QED) is 0.546. The van der Waals surface area contributed by atoms with Gasteiger partial charge in [-0.2, -0.15) is 4.98 Å². The van der Waals surface area contributed by atoms with Crippen LogP contribution in [0, 0.1) is 5.82 Å². The second-order valence-corrected chi connectivity index (χ2v) is 7.08. The molecule has 0 N–H and O–H groups in total. The number of halogens is 1. The third-order valence-electron chi connectivity index (χ3n) is 4.82. The number of rotatable bonds is 8. The number of carbonyl (C=O) groups excluding carboxylic acids is 1. The lowest BCUT2D eigenvalue weighted by Gasteiger charge is -2.17. The van der Waals surface area contributed by atoms with Crippen LogP contribution in [0.4, 0.5) is 4.39 Å². The van der Waals surface area contributed by atoms with Crippen LogP contribution in [0.25, 0.3) is 11.4 Å². The van der Waals surface area contributed by atoms with Crippen LogP contribution in [0.5, 0.6) is 11.5 Å². The summed E-state index contributed by atoms with van der Waals surface area (Å²) in [5, 5.41) is 3.93. The lowest BCUT2D eigenvalue weighted by Crippen LogP contribution is -2.34. The summed E-state index contributed by atoms with van der Waals surface area (Å²) >= 11 is 0. The zero-order valence-electron chi connectivity index (χ0n) is 17.0. The van der Waals surface area contributed by atoms with Crippen LogP contribution in [0.15, 0.2) is 53.1 Å². The Morgan fingerprint density at radius 3 is 2.65 bits per heavy atom. The number of carbonyl (C=O) groups is 1. The van der Waals surface area contributed by atoms with Gasteiger partial charge in [0.15, 0.2) is 6.61 Å². The zero-order valence-corrected chi connectivity index (χ0v) is 17.0. The first-order valence-corrected chi connectivity index (χ1v) is 9.85. The number of hydrogen-bond acceptors (Lipinski definition) is 7. The molecular formula is C22H22FN3O5. The summed E-state index contributed by atoms with van der Waals surface area (Å²) in [7, 11) is 1.56. The van der Waals surface area contributed by atoms with Gasteiger partial charge >= 0.3 is 0 Å². The van der Waals surface area contributed by atoms with Crippen molar-refractivity contribution in [2.75, 3.05) is 26.8 Å². The molecule has 0 radical (unpaired) electrons. The Morgan fingerprint density at radius 1 is 1.16 bits per heavy atom. The average molecular weight is 427 g/mol. The van der Waals surface area contributed by atoms with Crippen molar-refractivity contribution in [1.82, 2.24) is 15.0 Å². The van der Waals surface area contributed by atoms with Crippen molar-refractivity contribution >= 4 is 5.91 Å². The molecule has 0 bridgehead atoms. The van der Waals surface area contributed by atoms with Gasteiger partial charge in [0.05, 0.1) is 6.54 Å². The Bertz CT molecular complexity index is 1010. The molecule has 1 aromatic heterocycles. The molecule has 2 heterocycles. The molecular weight excluding hydrogens is 405 g/mol. The Hall–Kier alpha value is -3.46. The maximum atomic E-state index is 12.9. The van der Waals surface area contributed by atoms with Crippen LogP contribution in [0.1, 0.15) is 12.3 Å². The fourth-order valence-electron chi connectivity index (χ4n) is 3.25. The molecule has 1 unspecified atom stereocenters. The van der Waals surface area contributed by atoms with Gasteiger partial charge in [0, 0.05) is 25.6 Å². The summed E-state index contributed by atoms with van der Waals surface area (Å²) in [5.74, 6) is 1.58. The Labute approximate surface area is 178 Å². The molecule has 31 heavy (non-hydrogen) atoms. The highest BCUT2D eigenvalue weighted by Crippen LogP contribution is 2.23. The SMILES string of the molecule is COCc1nc(-c2ccc(OC3CCN(C(=O)COc4ccc(F)cc4)C3)cc2)no1. The molecule has 0 spiro atoms. The van der Waals surface area contributed by atoms with Crippen molar-refractivity contribution in [3.8, 4) is 22.9 Å². The maximum Gasteiger partial charge on any atom is 0.260 e. The normalized spacial score (nSPS) is 15.8. The van der Waals surface area contributed by atoms with E-state index >= 15 is 0 Å². The fraction of sp³-hybridized carbons (Fsp3) is 0.318. The highest BCUT2D eigenvalue weighted by Gasteiger charge is 2.27. The lowest BCUT2D eigenvalue weighted by molar-refractivity contribution is -0.132. The first kappa shape index (κ1) is 20.8. The molecule has 3 aromatic rings. The van der Waals surface area contributed by atoms with E-state index in [0.29, 0.717) is 36.3 Å². The standard InChI is InChI=1S/C22H22FN3O5/c1-28-13-20-24-22(25-31-20)15-2-6-18(7-3-15)30-19-10-11-26(12-19)21(27)14-29-17-8-4-16(23)5-9-17/h2-9,19H,10-14H2,1H3. The van der Waals surface area contributed by atoms with E-state index in [1.165, 1.54) is 24.3 Å². The molecule has 1 aliphatic heterocycles. The molecule has 1 amide bonds. The van der Waals surface area contributed by atoms with Gasteiger partial charge in [-0.3, -0.25) is 4.79 Å². The van der Waals surface area contributed by atoms with Crippen LogP contribution in [-0.4, -0.2) is 53.9 Å². The van der Waals surface area contributed by atoms with Gasteiger partial charge in [0.25, 0.3) is 11.8 Å². The average Bonchev–Trinajstić information content (AvgIpc) is 3.44. The van der Waals surface area contributed by atoms with E-state index in [2.05, 4.69) is 10.1 Å². The highest BCUT2D eigenvalue weighted by atomic mass is 19.1. The smallest absolute Gasteiger partial charge is 0.260 e. The second kappa shape index (κ2) is 9.57. The summed E-state index contributed by atoms with van der Waals surface area (Å²) in [6, 6.07) is 13.0. The van der Waals surface area contributed by atoms with E-state index in [1.807, 2.05) is 24.3 Å². The number of hydrogen-bond donors (Lipinski definition) is 0. The molecule has 4 rings (SSSR count). The third kappa shape index (κ3) is 5.37. The minimum absolute atomic E-state index is 0.0944. The monoisotopic (exact) mass is 427 g/mol. The van der Waals surface area contributed by atoms with Crippen LogP contribution in [-0.2, 0) is 16.1 Å². The summed E-state index contributed by atoms with van der Waals surface area (Å²) in [6.45, 7) is 1.25. The van der Waals surface area contributed by atoms with Crippen molar-refractivity contribution in [1.29, 1.82) is 0 Å². The molecule has 8 nitrogen and oxygen atoms in total. The van der Waals surface area contributed by atoms with E-state index in [1.54, 1.807) is 12.0 Å². The fourth-order valence-corrected chi connectivity index (χ4v) is 3.25. The lowest BCUT2D eigenvalue weighted by atomic mass is 10.2. The molecule has 0 aliphatic carbocycles. The summed E-state index contributed by atoms with van der Waals surface area (Å²) < 4.78 is 34.4. The van der Waals surface area contributed by atoms with Crippen LogP contribution < -0.4 is 9.47 Å². The van der Waals surface area contributed by atoms with Gasteiger partial charge in [0.1, 0.15) is 30.0 Å². The van der Waals surface area contributed by atoms with Crippen molar-refractivity contribution < 1.29 is 27.9 Å². The van der Waals surface area contributed by atoms with Gasteiger partial charge in [0.2, 0.25) is 5.82 Å². The Morgan fingerprint density at radius 2 is 1.90 bits per heavy atom. The molecule has 1 atom stereocenters. The summed E-state index contributed by atoms with van der Waals surface area (Å²) in [6.07, 6.45) is 0.633. The minimum Gasteiger partial charge on any atom is -0.489 e. The van der Waals surface area contributed by atoms with Crippen LogP contribution in [0.2, 0.25) is 0 Å². The molecule has 2 aromatic carbocycles. The molecule has 9 heteroatoms. The highest BCUT2D eigenvalue weighted by molar-refractivity contribution is 5.78. The molecule has 162 valence electrons. The Kier molecular flexibility index (Phi) is 6.42. The van der Waals surface area contributed by atoms with E-state index in [0.717, 1.165) is 12.0 Å². The maximum absolute atomic E-state index is 12.9. The predicted octanol–water partition coefficient (Wildman–Crippen LogP) is 3.08. The molecule has 1 saturated heterocycles. The number of likely N-dealkylation sites (tertiary alicyclic amines) is 1. The number of benzene rings is 2. The van der Waals surface area contributed by atoms with Gasteiger partial charge in [-0.1, -0.05) is 5.16 Å². The number of aromatic nitrogens is 2. The topological polar surface area (TPSA) is 86.9 Å². The first-order valence-electron chi connectivity index (χ1n) is 9.85. The number of methoxy groups -OCH3 is 1. The van der Waals surface area contributed by atoms with Crippen LogP contribution >= 0.6 is 0 Å². The number of nitrogens with zero attached hydrogens (tertiary/aromatic N) is 3. The number of ether oxygens (including phenoxy) is 3. The van der Waals surface area contributed by atoms with Crippen molar-refractivity contribution in [3.05, 3.63) is 60.2 Å². The molecule has 1 fully saturated rings. The first-order chi connectivity index (χ1) is 15.1. The molecule has 1 aliphatic rings. The van der Waals surface area contributed by atoms with Crippen LogP contribution in [0.3, 0.4) is 0 Å². The number of amides is 1. The second-order valence-electron chi connectivity index (χ2n) is 7.08. The third-order valence-corrected chi connectivity index (χ3v) is 4.82. The van der Waals surface area contributed by atoms with Crippen molar-refractivity contribution in [2.24, 2.45) is 0 Å². The van der Waals surface area contributed by atoms with E-state index in [4.69, 9.17) is 18.7 Å². The largest absolute Gasteiger partial charge is 0.489 e. The summed E-state index contributed by atoms with van der Waals surface area (Å²) in [5.41, 5.74) is 0.805. The minimum atomic E-state index is -0.348. The van der Waals surface area contributed by atoms with E-state index < -0.39 is 0 Å². The summed E-state index contributed by atoms with van der Waals surface area (Å²) in [4.78, 5) is 18.3. The Balaban J connectivity index is 1.26. The van der Waals surface area contributed by atoms with E-state index in [-0.39, 0.29) is 31.0 Å². The van der Waals surface area contributed by atoms with Gasteiger partial charge < -0.3 is 23.6 Å². The molecule has 0 saturated carbocycles. The van der Waals surface area contributed by atoms with Crippen molar-refractivity contribution in [3.63, 3.8) is 0 Å². The van der Waals surface area contributed by atoms with Gasteiger partial charge in [-0.25, -0.2) is 4.39 Å². The van der Waals surface area contributed by atoms with Gasteiger partial charge in [-0.15, -0.1) is 0 Å².